The summed E-state index contributed by atoms with van der Waals surface area (Å²) >= 11 is 1.41. The lowest BCUT2D eigenvalue weighted by Crippen LogP contribution is -2.40. The standard InChI is InChI=1S/C30H32N4O5S/c35-27-8-3-13-33(27)26-12-9-19(17-31-26)23-6-1-2-7-24(23)25-18-40-30(32-25)34(21-10-11-21)29(38)20(16-28(36)37)15-22-5-4-14-39-22/h1-2,6-7,9,12,17-18,20-22H,3-5,8,10-11,13-16H2,(H,36,37)/t20-,22+/m1/s1. The van der Waals surface area contributed by atoms with E-state index in [1.807, 2.05) is 41.8 Å². The van der Waals surface area contributed by atoms with Gasteiger partial charge < -0.3 is 9.84 Å². The molecule has 9 nitrogen and oxygen atoms in total. The summed E-state index contributed by atoms with van der Waals surface area (Å²) in [5, 5.41) is 12.1. The molecule has 6 rings (SSSR count). The minimum Gasteiger partial charge on any atom is -0.481 e. The van der Waals surface area contributed by atoms with Crippen LogP contribution in [0.3, 0.4) is 0 Å². The number of benzene rings is 1. The highest BCUT2D eigenvalue weighted by atomic mass is 32.1. The molecular formula is C30H32N4O5S. The van der Waals surface area contributed by atoms with Gasteiger partial charge in [0.05, 0.1) is 24.1 Å². The molecule has 10 heteroatoms. The maximum atomic E-state index is 13.8. The lowest BCUT2D eigenvalue weighted by molar-refractivity contribution is -0.141. The fourth-order valence-corrected chi connectivity index (χ4v) is 6.54. The first-order chi connectivity index (χ1) is 19.5. The summed E-state index contributed by atoms with van der Waals surface area (Å²) in [7, 11) is 0. The van der Waals surface area contributed by atoms with Crippen molar-refractivity contribution >= 4 is 40.1 Å². The van der Waals surface area contributed by atoms with Gasteiger partial charge in [0.2, 0.25) is 11.8 Å². The van der Waals surface area contributed by atoms with Gasteiger partial charge in [-0.1, -0.05) is 24.3 Å². The fraction of sp³-hybridized carbons (Fsp3) is 0.433. The number of aromatic nitrogens is 2. The van der Waals surface area contributed by atoms with Gasteiger partial charge in [-0.05, 0) is 56.2 Å². The topological polar surface area (TPSA) is 113 Å². The number of carboxylic acids is 1. The second-order valence-corrected chi connectivity index (χ2v) is 11.6. The molecule has 1 aliphatic carbocycles. The van der Waals surface area contributed by atoms with E-state index in [-0.39, 0.29) is 30.4 Å². The molecule has 2 saturated heterocycles. The highest BCUT2D eigenvalue weighted by molar-refractivity contribution is 7.14. The van der Waals surface area contributed by atoms with Crippen molar-refractivity contribution in [1.82, 2.24) is 9.97 Å². The van der Waals surface area contributed by atoms with E-state index in [0.717, 1.165) is 54.5 Å². The van der Waals surface area contributed by atoms with Crippen molar-refractivity contribution < 1.29 is 24.2 Å². The van der Waals surface area contributed by atoms with Crippen LogP contribution in [0.5, 0.6) is 0 Å². The Morgan fingerprint density at radius 2 is 1.95 bits per heavy atom. The second kappa shape index (κ2) is 11.5. The predicted octanol–water partition coefficient (Wildman–Crippen LogP) is 5.15. The first-order valence-corrected chi connectivity index (χ1v) is 14.8. The molecule has 1 saturated carbocycles. The van der Waals surface area contributed by atoms with E-state index in [4.69, 9.17) is 9.72 Å². The zero-order chi connectivity index (χ0) is 27.6. The van der Waals surface area contributed by atoms with Gasteiger partial charge in [0.15, 0.2) is 5.13 Å². The third kappa shape index (κ3) is 5.64. The zero-order valence-corrected chi connectivity index (χ0v) is 23.0. The van der Waals surface area contributed by atoms with E-state index < -0.39 is 11.9 Å². The number of hydrogen-bond acceptors (Lipinski definition) is 7. The molecule has 208 valence electrons. The molecule has 2 aliphatic heterocycles. The summed E-state index contributed by atoms with van der Waals surface area (Å²) in [6.07, 6.45) is 6.89. The highest BCUT2D eigenvalue weighted by Gasteiger charge is 2.40. The van der Waals surface area contributed by atoms with E-state index >= 15 is 0 Å². The van der Waals surface area contributed by atoms with Crippen molar-refractivity contribution in [3.05, 3.63) is 48.0 Å². The van der Waals surface area contributed by atoms with Crippen LogP contribution in [-0.4, -0.2) is 58.2 Å². The Kier molecular flexibility index (Phi) is 7.62. The third-order valence-electron chi connectivity index (χ3n) is 7.80. The molecule has 0 spiro atoms. The number of rotatable bonds is 10. The van der Waals surface area contributed by atoms with E-state index in [2.05, 4.69) is 4.98 Å². The van der Waals surface area contributed by atoms with Crippen LogP contribution in [0.15, 0.2) is 48.0 Å². The number of hydrogen-bond donors (Lipinski definition) is 1. The largest absolute Gasteiger partial charge is 0.481 e. The maximum absolute atomic E-state index is 13.8. The van der Waals surface area contributed by atoms with Gasteiger partial charge in [-0.15, -0.1) is 11.3 Å². The van der Waals surface area contributed by atoms with Crippen LogP contribution in [0.25, 0.3) is 22.4 Å². The normalized spacial score (nSPS) is 19.6. The number of pyridine rings is 1. The van der Waals surface area contributed by atoms with Crippen molar-refractivity contribution in [3.8, 4) is 22.4 Å². The first-order valence-electron chi connectivity index (χ1n) is 14.0. The van der Waals surface area contributed by atoms with Crippen LogP contribution in [0.1, 0.15) is 51.4 Å². The van der Waals surface area contributed by atoms with Crippen LogP contribution in [0, 0.1) is 5.92 Å². The molecular weight excluding hydrogens is 528 g/mol. The van der Waals surface area contributed by atoms with Crippen molar-refractivity contribution in [3.63, 3.8) is 0 Å². The zero-order valence-electron chi connectivity index (χ0n) is 22.2. The van der Waals surface area contributed by atoms with Crippen molar-refractivity contribution in [2.75, 3.05) is 23.0 Å². The summed E-state index contributed by atoms with van der Waals surface area (Å²) in [6, 6.07) is 11.8. The Hall–Kier alpha value is -3.63. The average molecular weight is 561 g/mol. The molecule has 4 heterocycles. The minimum absolute atomic E-state index is 0.0487. The van der Waals surface area contributed by atoms with Gasteiger partial charge in [-0.2, -0.15) is 0 Å². The maximum Gasteiger partial charge on any atom is 0.304 e. The summed E-state index contributed by atoms with van der Waals surface area (Å²) < 4.78 is 5.73. The number of anilines is 2. The number of ether oxygens (including phenoxy) is 1. The van der Waals surface area contributed by atoms with Gasteiger partial charge in [0, 0.05) is 48.3 Å². The van der Waals surface area contributed by atoms with Gasteiger partial charge >= 0.3 is 5.97 Å². The molecule has 2 atom stereocenters. The molecule has 3 aliphatic rings. The molecule has 0 radical (unpaired) electrons. The van der Waals surface area contributed by atoms with Crippen molar-refractivity contribution in [2.45, 2.75) is 63.5 Å². The third-order valence-corrected chi connectivity index (χ3v) is 8.64. The number of carbonyl (C=O) groups is 3. The van der Waals surface area contributed by atoms with Crippen molar-refractivity contribution in [2.24, 2.45) is 5.92 Å². The van der Waals surface area contributed by atoms with E-state index in [0.29, 0.717) is 36.9 Å². The second-order valence-electron chi connectivity index (χ2n) is 10.7. The Balaban J connectivity index is 1.26. The molecule has 3 aromatic rings. The van der Waals surface area contributed by atoms with Crippen LogP contribution >= 0.6 is 11.3 Å². The van der Waals surface area contributed by atoms with Gasteiger partial charge in [-0.25, -0.2) is 9.97 Å². The molecule has 1 aromatic carbocycles. The smallest absolute Gasteiger partial charge is 0.304 e. The van der Waals surface area contributed by atoms with E-state index in [1.165, 1.54) is 11.3 Å². The number of nitrogens with zero attached hydrogens (tertiary/aromatic N) is 4. The summed E-state index contributed by atoms with van der Waals surface area (Å²) in [5.74, 6) is -1.03. The average Bonchev–Trinajstić information content (AvgIpc) is 3.30. The summed E-state index contributed by atoms with van der Waals surface area (Å²) in [5.41, 5.74) is 3.54. The lowest BCUT2D eigenvalue weighted by Gasteiger charge is -2.26. The molecule has 2 aromatic heterocycles. The quantitative estimate of drug-likeness (QED) is 0.365. The molecule has 2 amide bonds. The van der Waals surface area contributed by atoms with Crippen LogP contribution < -0.4 is 9.80 Å². The summed E-state index contributed by atoms with van der Waals surface area (Å²) in [6.45, 7) is 1.36. The SMILES string of the molecule is O=C(O)C[C@@H](C[C@@H]1CCCO1)C(=O)N(c1nc(-c2ccccc2-c2ccc(N3CCCC3=O)nc2)cs1)C1CC1. The Morgan fingerprint density at radius 1 is 1.12 bits per heavy atom. The monoisotopic (exact) mass is 560 g/mol. The lowest BCUT2D eigenvalue weighted by atomic mass is 9.95. The van der Waals surface area contributed by atoms with Crippen LogP contribution in [-0.2, 0) is 19.1 Å². The van der Waals surface area contributed by atoms with Gasteiger partial charge in [0.25, 0.3) is 0 Å². The number of thiazole rings is 1. The Morgan fingerprint density at radius 3 is 2.60 bits per heavy atom. The number of carbonyl (C=O) groups excluding carboxylic acids is 2. The van der Waals surface area contributed by atoms with Gasteiger partial charge in [0.1, 0.15) is 5.82 Å². The molecule has 1 N–H and O–H groups in total. The fourth-order valence-electron chi connectivity index (χ4n) is 5.64. The number of aliphatic carboxylic acids is 1. The summed E-state index contributed by atoms with van der Waals surface area (Å²) in [4.78, 5) is 50.5. The minimum atomic E-state index is -0.977. The van der Waals surface area contributed by atoms with Crippen LogP contribution in [0.4, 0.5) is 10.9 Å². The molecule has 0 unspecified atom stereocenters. The Labute approximate surface area is 236 Å². The highest BCUT2D eigenvalue weighted by Crippen LogP contribution is 2.40. The van der Waals surface area contributed by atoms with Crippen molar-refractivity contribution in [1.29, 1.82) is 0 Å². The number of amides is 2. The van der Waals surface area contributed by atoms with Gasteiger partial charge in [-0.3, -0.25) is 24.2 Å². The predicted molar refractivity (Wildman–Crippen MR) is 152 cm³/mol. The number of carboxylic acid groups (broad SMARTS) is 1. The van der Waals surface area contributed by atoms with E-state index in [1.54, 1.807) is 16.0 Å². The first kappa shape index (κ1) is 26.6. The van der Waals surface area contributed by atoms with E-state index in [9.17, 15) is 19.5 Å². The molecule has 3 fully saturated rings. The Bertz CT molecular complexity index is 1400. The van der Waals surface area contributed by atoms with Crippen LogP contribution in [0.2, 0.25) is 0 Å². The molecule has 0 bridgehead atoms. The molecule has 40 heavy (non-hydrogen) atoms.